The Morgan fingerprint density at radius 1 is 0.800 bits per heavy atom. The molecule has 2 fully saturated rings. The van der Waals surface area contributed by atoms with Gasteiger partial charge in [0.2, 0.25) is 29.0 Å². The maximum atomic E-state index is 14.0. The molecule has 1 aliphatic carbocycles. The third-order valence-corrected chi connectivity index (χ3v) is 7.89. The van der Waals surface area contributed by atoms with E-state index in [9.17, 15) is 19.2 Å². The van der Waals surface area contributed by atoms with Gasteiger partial charge in [0.1, 0.15) is 0 Å². The molecule has 0 radical (unpaired) electrons. The monoisotopic (exact) mass is 485 g/mol. The molecular formula is C28H20ClNO5. The van der Waals surface area contributed by atoms with Gasteiger partial charge < -0.3 is 4.74 Å². The van der Waals surface area contributed by atoms with Gasteiger partial charge in [-0.05, 0) is 37.1 Å². The fraction of sp³-hybridized carbons (Fsp3) is 0.214. The maximum Gasteiger partial charge on any atom is 0.241 e. The van der Waals surface area contributed by atoms with E-state index in [1.807, 2.05) is 19.9 Å². The number of nitrogens with zero attached hydrogens (tertiary/aromatic N) is 1. The van der Waals surface area contributed by atoms with Crippen molar-refractivity contribution in [1.29, 1.82) is 0 Å². The van der Waals surface area contributed by atoms with Crippen LogP contribution in [-0.4, -0.2) is 29.0 Å². The molecule has 3 atom stereocenters. The predicted octanol–water partition coefficient (Wildman–Crippen LogP) is 4.65. The SMILES string of the molecule is Cc1cccc(N2C(=O)[C@@H]3[C@@H](c4ccccc4Cl)OC4(C(=O)c5ccccc5C4=O)[C@H]3C2=O)c1C. The quantitative estimate of drug-likeness (QED) is 0.390. The Morgan fingerprint density at radius 2 is 1.43 bits per heavy atom. The van der Waals surface area contributed by atoms with E-state index in [4.69, 9.17) is 16.3 Å². The van der Waals surface area contributed by atoms with Crippen LogP contribution in [0.5, 0.6) is 0 Å². The minimum absolute atomic E-state index is 0.196. The molecule has 1 spiro atoms. The number of imide groups is 1. The van der Waals surface area contributed by atoms with E-state index in [0.29, 0.717) is 16.3 Å². The number of anilines is 1. The Morgan fingerprint density at radius 3 is 2.09 bits per heavy atom. The number of ether oxygens (including phenoxy) is 1. The first-order valence-electron chi connectivity index (χ1n) is 11.3. The zero-order chi connectivity index (χ0) is 24.6. The summed E-state index contributed by atoms with van der Waals surface area (Å²) in [5.74, 6) is -4.68. The van der Waals surface area contributed by atoms with Crippen molar-refractivity contribution in [2.75, 3.05) is 4.90 Å². The van der Waals surface area contributed by atoms with Crippen molar-refractivity contribution in [3.8, 4) is 0 Å². The van der Waals surface area contributed by atoms with Gasteiger partial charge in [-0.1, -0.05) is 66.2 Å². The summed E-state index contributed by atoms with van der Waals surface area (Å²) in [4.78, 5) is 56.7. The summed E-state index contributed by atoms with van der Waals surface area (Å²) in [7, 11) is 0. The molecule has 2 aliphatic heterocycles. The fourth-order valence-electron chi connectivity index (χ4n) is 5.72. The van der Waals surface area contributed by atoms with Gasteiger partial charge in [-0.15, -0.1) is 0 Å². The van der Waals surface area contributed by atoms with Gasteiger partial charge in [-0.3, -0.25) is 19.2 Å². The fourth-order valence-corrected chi connectivity index (χ4v) is 5.96. The lowest BCUT2D eigenvalue weighted by molar-refractivity contribution is -0.127. The lowest BCUT2D eigenvalue weighted by Gasteiger charge is -2.28. The van der Waals surface area contributed by atoms with E-state index in [1.165, 1.54) is 0 Å². The van der Waals surface area contributed by atoms with Crippen LogP contribution in [-0.2, 0) is 14.3 Å². The third kappa shape index (κ3) is 2.69. The highest BCUT2D eigenvalue weighted by Gasteiger charge is 2.75. The van der Waals surface area contributed by atoms with Crippen molar-refractivity contribution >= 4 is 40.7 Å². The van der Waals surface area contributed by atoms with Crippen molar-refractivity contribution in [3.63, 3.8) is 0 Å². The molecule has 0 saturated carbocycles. The number of hydrogen-bond acceptors (Lipinski definition) is 5. The molecule has 0 aromatic heterocycles. The Hall–Kier alpha value is -3.61. The zero-order valence-corrected chi connectivity index (χ0v) is 19.7. The molecule has 174 valence electrons. The summed E-state index contributed by atoms with van der Waals surface area (Å²) in [6.45, 7) is 3.72. The second-order valence-electron chi connectivity index (χ2n) is 9.23. The smallest absolute Gasteiger partial charge is 0.241 e. The molecule has 35 heavy (non-hydrogen) atoms. The summed E-state index contributed by atoms with van der Waals surface area (Å²) in [5, 5.41) is 0.328. The lowest BCUT2D eigenvalue weighted by Crippen LogP contribution is -2.51. The lowest BCUT2D eigenvalue weighted by atomic mass is 9.77. The number of aryl methyl sites for hydroxylation is 1. The second kappa shape index (κ2) is 7.44. The number of carbonyl (C=O) groups excluding carboxylic acids is 4. The maximum absolute atomic E-state index is 14.0. The first kappa shape index (κ1) is 21.9. The largest absolute Gasteiger partial charge is 0.349 e. The van der Waals surface area contributed by atoms with Crippen LogP contribution in [0.2, 0.25) is 5.02 Å². The molecular weight excluding hydrogens is 466 g/mol. The zero-order valence-electron chi connectivity index (χ0n) is 18.9. The third-order valence-electron chi connectivity index (χ3n) is 7.55. The topological polar surface area (TPSA) is 80.8 Å². The number of ketones is 2. The number of carbonyl (C=O) groups is 4. The molecule has 0 unspecified atom stereocenters. The standard InChI is InChI=1S/C28H20ClNO5/c1-14-8-7-13-20(15(14)2)30-26(33)21-22(27(30)34)28(35-23(21)18-11-5-6-12-19(18)29)24(31)16-9-3-4-10-17(16)25(28)32/h3-13,21-23H,1-2H3/t21-,22+,23+/m0/s1. The van der Waals surface area contributed by atoms with Crippen molar-refractivity contribution in [2.24, 2.45) is 11.8 Å². The minimum atomic E-state index is -2.11. The molecule has 3 aromatic carbocycles. The first-order valence-corrected chi connectivity index (χ1v) is 11.7. The highest BCUT2D eigenvalue weighted by Crippen LogP contribution is 2.58. The molecule has 2 heterocycles. The van der Waals surface area contributed by atoms with Crippen LogP contribution in [0, 0.1) is 25.7 Å². The van der Waals surface area contributed by atoms with Crippen LogP contribution in [0.4, 0.5) is 5.69 Å². The molecule has 3 aliphatic rings. The molecule has 2 saturated heterocycles. The summed E-state index contributed by atoms with van der Waals surface area (Å²) in [5.41, 5.74) is 0.861. The van der Waals surface area contributed by atoms with E-state index >= 15 is 0 Å². The van der Waals surface area contributed by atoms with Gasteiger partial charge >= 0.3 is 0 Å². The molecule has 6 rings (SSSR count). The number of rotatable bonds is 2. The predicted molar refractivity (Wildman–Crippen MR) is 129 cm³/mol. The van der Waals surface area contributed by atoms with Gasteiger partial charge in [-0.2, -0.15) is 0 Å². The summed E-state index contributed by atoms with van der Waals surface area (Å²) >= 11 is 6.48. The van der Waals surface area contributed by atoms with Gasteiger partial charge in [0.05, 0.1) is 23.6 Å². The number of fused-ring (bicyclic) bond motifs is 3. The van der Waals surface area contributed by atoms with Gasteiger partial charge in [0.25, 0.3) is 0 Å². The minimum Gasteiger partial charge on any atom is -0.349 e. The number of amides is 2. The van der Waals surface area contributed by atoms with Crippen LogP contribution in [0.25, 0.3) is 0 Å². The Labute approximate surface area is 206 Å². The molecule has 0 bridgehead atoms. The molecule has 0 N–H and O–H groups in total. The van der Waals surface area contributed by atoms with Gasteiger partial charge in [0.15, 0.2) is 0 Å². The number of Topliss-reactive ketones (excluding diaryl/α,β-unsaturated/α-hetero) is 2. The number of halogens is 1. The average molecular weight is 486 g/mol. The normalized spacial score (nSPS) is 24.4. The summed E-state index contributed by atoms with van der Waals surface area (Å²) in [6, 6.07) is 18.6. The average Bonchev–Trinajstić information content (AvgIpc) is 3.41. The van der Waals surface area contributed by atoms with Crippen molar-refractivity contribution in [2.45, 2.75) is 25.6 Å². The van der Waals surface area contributed by atoms with Crippen molar-refractivity contribution in [1.82, 2.24) is 0 Å². The van der Waals surface area contributed by atoms with Gasteiger partial charge in [-0.25, -0.2) is 4.90 Å². The summed E-state index contributed by atoms with van der Waals surface area (Å²) in [6.07, 6.45) is -1.04. The van der Waals surface area contributed by atoms with Crippen LogP contribution in [0.1, 0.15) is 43.5 Å². The van der Waals surface area contributed by atoms with E-state index in [2.05, 4.69) is 0 Å². The van der Waals surface area contributed by atoms with Crippen LogP contribution >= 0.6 is 11.6 Å². The summed E-state index contributed by atoms with van der Waals surface area (Å²) < 4.78 is 6.28. The highest BCUT2D eigenvalue weighted by molar-refractivity contribution is 6.37. The van der Waals surface area contributed by atoms with Crippen LogP contribution in [0.3, 0.4) is 0 Å². The van der Waals surface area contributed by atoms with Crippen LogP contribution < -0.4 is 4.90 Å². The number of benzene rings is 3. The second-order valence-corrected chi connectivity index (χ2v) is 9.64. The van der Waals surface area contributed by atoms with E-state index in [1.54, 1.807) is 60.7 Å². The number of hydrogen-bond donors (Lipinski definition) is 0. The molecule has 3 aromatic rings. The highest BCUT2D eigenvalue weighted by atomic mass is 35.5. The van der Waals surface area contributed by atoms with Crippen molar-refractivity contribution in [3.05, 3.63) is 99.6 Å². The van der Waals surface area contributed by atoms with Gasteiger partial charge in [0, 0.05) is 21.7 Å². The first-order chi connectivity index (χ1) is 16.8. The Balaban J connectivity index is 1.58. The van der Waals surface area contributed by atoms with E-state index in [-0.39, 0.29) is 11.1 Å². The Bertz CT molecular complexity index is 1440. The Kier molecular flexibility index (Phi) is 4.66. The molecule has 6 nitrogen and oxygen atoms in total. The van der Waals surface area contributed by atoms with E-state index < -0.39 is 46.9 Å². The molecule has 2 amide bonds. The van der Waals surface area contributed by atoms with Crippen LogP contribution in [0.15, 0.2) is 66.7 Å². The van der Waals surface area contributed by atoms with E-state index in [0.717, 1.165) is 16.0 Å². The van der Waals surface area contributed by atoms with Crippen molar-refractivity contribution < 1.29 is 23.9 Å². The molecule has 7 heteroatoms.